The average Bonchev–Trinajstić information content (AvgIpc) is 2.24. The number of nitrogens with zero attached hydrogens (tertiary/aromatic N) is 1. The van der Waals surface area contributed by atoms with Gasteiger partial charge >= 0.3 is 0 Å². The van der Waals surface area contributed by atoms with Gasteiger partial charge in [0.25, 0.3) is 0 Å². The zero-order valence-corrected chi connectivity index (χ0v) is 12.4. The average molecular weight is 254 g/mol. The summed E-state index contributed by atoms with van der Waals surface area (Å²) in [7, 11) is 0. The molecule has 1 unspecified atom stereocenters. The van der Waals surface area contributed by atoms with E-state index in [1.807, 2.05) is 0 Å². The zero-order chi connectivity index (χ0) is 13.0. The third-order valence-corrected chi connectivity index (χ3v) is 3.72. The number of aryl methyl sites for hydroxylation is 3. The van der Waals surface area contributed by atoms with Crippen LogP contribution in [0, 0.1) is 20.8 Å². The van der Waals surface area contributed by atoms with Gasteiger partial charge in [0, 0.05) is 6.54 Å². The molecule has 2 heteroatoms. The van der Waals surface area contributed by atoms with Gasteiger partial charge < -0.3 is 4.90 Å². The molecule has 96 valence electrons. The van der Waals surface area contributed by atoms with E-state index in [-0.39, 0.29) is 5.38 Å². The summed E-state index contributed by atoms with van der Waals surface area (Å²) < 4.78 is 0. The van der Waals surface area contributed by atoms with E-state index in [0.29, 0.717) is 0 Å². The Bertz CT molecular complexity index is 346. The van der Waals surface area contributed by atoms with Crippen LogP contribution < -0.4 is 0 Å². The van der Waals surface area contributed by atoms with Crippen molar-refractivity contribution in [3.05, 3.63) is 34.4 Å². The Morgan fingerprint density at radius 2 is 1.53 bits per heavy atom. The van der Waals surface area contributed by atoms with E-state index in [4.69, 9.17) is 11.6 Å². The van der Waals surface area contributed by atoms with Crippen molar-refractivity contribution in [1.82, 2.24) is 4.90 Å². The minimum absolute atomic E-state index is 0.0931. The second-order valence-corrected chi connectivity index (χ2v) is 5.29. The first-order valence-corrected chi connectivity index (χ1v) is 6.87. The summed E-state index contributed by atoms with van der Waals surface area (Å²) in [6, 6.07) is 4.44. The fourth-order valence-electron chi connectivity index (χ4n) is 2.49. The van der Waals surface area contributed by atoms with Crippen LogP contribution in [0.4, 0.5) is 0 Å². The van der Waals surface area contributed by atoms with Gasteiger partial charge in [0.2, 0.25) is 0 Å². The van der Waals surface area contributed by atoms with E-state index >= 15 is 0 Å². The number of alkyl halides is 1. The van der Waals surface area contributed by atoms with E-state index in [0.717, 1.165) is 19.6 Å². The third kappa shape index (κ3) is 3.72. The molecular formula is C15H24ClN. The molecule has 0 aliphatic heterocycles. The van der Waals surface area contributed by atoms with Crippen LogP contribution in [0.3, 0.4) is 0 Å². The van der Waals surface area contributed by atoms with Crippen LogP contribution in [0.15, 0.2) is 12.1 Å². The van der Waals surface area contributed by atoms with Gasteiger partial charge in [-0.3, -0.25) is 0 Å². The first-order chi connectivity index (χ1) is 7.99. The molecule has 0 fully saturated rings. The molecule has 0 aliphatic rings. The number of hydrogen-bond donors (Lipinski definition) is 0. The lowest BCUT2D eigenvalue weighted by molar-refractivity contribution is 0.303. The summed E-state index contributed by atoms with van der Waals surface area (Å²) in [6.45, 7) is 13.9. The van der Waals surface area contributed by atoms with E-state index in [2.05, 4.69) is 51.7 Å². The van der Waals surface area contributed by atoms with Crippen LogP contribution in [-0.2, 0) is 0 Å². The quantitative estimate of drug-likeness (QED) is 0.710. The molecule has 0 radical (unpaired) electrons. The summed E-state index contributed by atoms with van der Waals surface area (Å²) >= 11 is 6.58. The molecule has 0 aliphatic carbocycles. The SMILES string of the molecule is CCN(CC)CC(Cl)c1c(C)cc(C)cc1C. The summed E-state index contributed by atoms with van der Waals surface area (Å²) in [4.78, 5) is 2.37. The molecule has 0 amide bonds. The Morgan fingerprint density at radius 3 is 1.94 bits per heavy atom. The number of rotatable bonds is 5. The van der Waals surface area contributed by atoms with Crippen molar-refractivity contribution in [1.29, 1.82) is 0 Å². The molecule has 0 bridgehead atoms. The van der Waals surface area contributed by atoms with Crippen LogP contribution in [0.5, 0.6) is 0 Å². The van der Waals surface area contributed by atoms with Crippen molar-refractivity contribution in [2.45, 2.75) is 40.0 Å². The third-order valence-electron chi connectivity index (χ3n) is 3.36. The van der Waals surface area contributed by atoms with Crippen LogP contribution in [-0.4, -0.2) is 24.5 Å². The highest BCUT2D eigenvalue weighted by molar-refractivity contribution is 6.21. The highest BCUT2D eigenvalue weighted by Gasteiger charge is 2.16. The monoisotopic (exact) mass is 253 g/mol. The second-order valence-electron chi connectivity index (χ2n) is 4.77. The summed E-state index contributed by atoms with van der Waals surface area (Å²) in [5.74, 6) is 0. The lowest BCUT2D eigenvalue weighted by atomic mass is 9.97. The molecule has 1 atom stereocenters. The van der Waals surface area contributed by atoms with Crippen LogP contribution >= 0.6 is 11.6 Å². The summed E-state index contributed by atoms with van der Waals surface area (Å²) in [5.41, 5.74) is 5.25. The fraction of sp³-hybridized carbons (Fsp3) is 0.600. The van der Waals surface area contributed by atoms with Crippen molar-refractivity contribution in [3.8, 4) is 0 Å². The van der Waals surface area contributed by atoms with Gasteiger partial charge in [-0.1, -0.05) is 31.5 Å². The van der Waals surface area contributed by atoms with Crippen molar-refractivity contribution < 1.29 is 0 Å². The smallest absolute Gasteiger partial charge is 0.0717 e. The molecule has 0 spiro atoms. The topological polar surface area (TPSA) is 3.24 Å². The number of hydrogen-bond acceptors (Lipinski definition) is 1. The lowest BCUT2D eigenvalue weighted by Gasteiger charge is -2.24. The largest absolute Gasteiger partial charge is 0.302 e. The fourth-order valence-corrected chi connectivity index (χ4v) is 3.02. The zero-order valence-electron chi connectivity index (χ0n) is 11.7. The maximum absolute atomic E-state index is 6.58. The summed E-state index contributed by atoms with van der Waals surface area (Å²) in [5, 5.41) is 0.0931. The first-order valence-electron chi connectivity index (χ1n) is 6.43. The first kappa shape index (κ1) is 14.5. The van der Waals surface area contributed by atoms with Crippen molar-refractivity contribution in [2.75, 3.05) is 19.6 Å². The molecule has 0 N–H and O–H groups in total. The Hall–Kier alpha value is -0.530. The number of likely N-dealkylation sites (N-methyl/N-ethyl adjacent to an activating group) is 1. The van der Waals surface area contributed by atoms with Gasteiger partial charge in [0.15, 0.2) is 0 Å². The van der Waals surface area contributed by atoms with E-state index in [1.165, 1.54) is 22.3 Å². The van der Waals surface area contributed by atoms with Crippen molar-refractivity contribution in [2.24, 2.45) is 0 Å². The molecule has 0 aromatic heterocycles. The maximum Gasteiger partial charge on any atom is 0.0717 e. The Balaban J connectivity index is 2.92. The van der Waals surface area contributed by atoms with Crippen LogP contribution in [0.25, 0.3) is 0 Å². The van der Waals surface area contributed by atoms with Crippen molar-refractivity contribution >= 4 is 11.6 Å². The molecule has 1 aromatic rings. The lowest BCUT2D eigenvalue weighted by Crippen LogP contribution is -2.27. The van der Waals surface area contributed by atoms with Gasteiger partial charge in [-0.25, -0.2) is 0 Å². The number of benzene rings is 1. The van der Waals surface area contributed by atoms with Crippen molar-refractivity contribution in [3.63, 3.8) is 0 Å². The normalized spacial score (nSPS) is 13.1. The second kappa shape index (κ2) is 6.42. The molecule has 1 rings (SSSR count). The Labute approximate surface area is 111 Å². The highest BCUT2D eigenvalue weighted by atomic mass is 35.5. The molecule has 17 heavy (non-hydrogen) atoms. The standard InChI is InChI=1S/C15H24ClN/c1-6-17(7-2)10-14(16)15-12(4)8-11(3)9-13(15)5/h8-9,14H,6-7,10H2,1-5H3. The van der Waals surface area contributed by atoms with Crippen LogP contribution in [0.2, 0.25) is 0 Å². The van der Waals surface area contributed by atoms with E-state index in [1.54, 1.807) is 0 Å². The molecule has 1 nitrogen and oxygen atoms in total. The predicted octanol–water partition coefficient (Wildman–Crippen LogP) is 4.23. The van der Waals surface area contributed by atoms with Gasteiger partial charge in [-0.2, -0.15) is 0 Å². The van der Waals surface area contributed by atoms with Gasteiger partial charge in [0.05, 0.1) is 5.38 Å². The van der Waals surface area contributed by atoms with Crippen LogP contribution in [0.1, 0.15) is 41.5 Å². The Morgan fingerprint density at radius 1 is 1.06 bits per heavy atom. The highest BCUT2D eigenvalue weighted by Crippen LogP contribution is 2.29. The minimum atomic E-state index is 0.0931. The Kier molecular flexibility index (Phi) is 5.48. The van der Waals surface area contributed by atoms with E-state index < -0.39 is 0 Å². The molecule has 0 saturated heterocycles. The molecule has 0 saturated carbocycles. The van der Waals surface area contributed by atoms with Gasteiger partial charge in [0.1, 0.15) is 0 Å². The molecule has 0 heterocycles. The molecule has 1 aromatic carbocycles. The predicted molar refractivity (Wildman–Crippen MR) is 77.0 cm³/mol. The van der Waals surface area contributed by atoms with Gasteiger partial charge in [-0.15, -0.1) is 11.6 Å². The molecular weight excluding hydrogens is 230 g/mol. The number of halogens is 1. The van der Waals surface area contributed by atoms with E-state index in [9.17, 15) is 0 Å². The summed E-state index contributed by atoms with van der Waals surface area (Å²) in [6.07, 6.45) is 0. The minimum Gasteiger partial charge on any atom is -0.302 e. The van der Waals surface area contributed by atoms with Gasteiger partial charge in [-0.05, 0) is 50.6 Å². The maximum atomic E-state index is 6.58.